The Morgan fingerprint density at radius 1 is 0.800 bits per heavy atom. The fourth-order valence-electron chi connectivity index (χ4n) is 6.28. The van der Waals surface area contributed by atoms with E-state index in [4.69, 9.17) is 33.2 Å². The van der Waals surface area contributed by atoms with Crippen molar-refractivity contribution in [3.8, 4) is 23.0 Å². The summed E-state index contributed by atoms with van der Waals surface area (Å²) in [7, 11) is 1.55. The van der Waals surface area contributed by atoms with E-state index in [0.717, 1.165) is 5.56 Å². The number of hydrogen-bond donors (Lipinski definition) is 8. The summed E-state index contributed by atoms with van der Waals surface area (Å²) in [6.07, 6.45) is -16.4. The average Bonchev–Trinajstić information content (AvgIpc) is 3.41. The maximum absolute atomic E-state index is 11.0. The van der Waals surface area contributed by atoms with E-state index >= 15 is 0 Å². The average molecular weight is 639 g/mol. The van der Waals surface area contributed by atoms with Crippen molar-refractivity contribution in [2.24, 2.45) is 0 Å². The first-order valence-electron chi connectivity index (χ1n) is 14.6. The van der Waals surface area contributed by atoms with E-state index in [9.17, 15) is 40.9 Å². The van der Waals surface area contributed by atoms with Crippen LogP contribution < -0.4 is 18.9 Å². The van der Waals surface area contributed by atoms with Crippen molar-refractivity contribution in [2.75, 3.05) is 20.3 Å². The molecule has 15 heteroatoms. The Morgan fingerprint density at radius 2 is 1.47 bits per heavy atom. The molecule has 0 aliphatic carbocycles. The second-order valence-electron chi connectivity index (χ2n) is 11.5. The minimum Gasteiger partial charge on any atom is -0.497 e. The number of fused-ring (bicyclic) bond motifs is 5. The summed E-state index contributed by atoms with van der Waals surface area (Å²) in [6, 6.07) is 7.13. The molecule has 0 aromatic heterocycles. The third kappa shape index (κ3) is 5.61. The molecular weight excluding hydrogens is 600 g/mol. The zero-order chi connectivity index (χ0) is 32.2. The maximum atomic E-state index is 11.0. The van der Waals surface area contributed by atoms with Gasteiger partial charge >= 0.3 is 0 Å². The van der Waals surface area contributed by atoms with Crippen molar-refractivity contribution in [2.45, 2.75) is 93.6 Å². The molecule has 15 nitrogen and oxygen atoms in total. The molecule has 4 aliphatic rings. The Morgan fingerprint density at radius 3 is 2.13 bits per heavy atom. The van der Waals surface area contributed by atoms with E-state index in [-0.39, 0.29) is 41.4 Å². The molecule has 2 aromatic carbocycles. The predicted molar refractivity (Wildman–Crippen MR) is 148 cm³/mol. The number of hydrogen-bond acceptors (Lipinski definition) is 15. The molecule has 0 saturated carbocycles. The van der Waals surface area contributed by atoms with Gasteiger partial charge < -0.3 is 74.0 Å². The lowest BCUT2D eigenvalue weighted by Gasteiger charge is -2.41. The second-order valence-corrected chi connectivity index (χ2v) is 11.5. The Kier molecular flexibility index (Phi) is 9.13. The van der Waals surface area contributed by atoms with Crippen molar-refractivity contribution >= 4 is 0 Å². The van der Waals surface area contributed by atoms with Crippen LogP contribution in [0.5, 0.6) is 23.0 Å². The van der Waals surface area contributed by atoms with Crippen LogP contribution in [0.2, 0.25) is 0 Å². The van der Waals surface area contributed by atoms with Gasteiger partial charge in [-0.25, -0.2) is 0 Å². The van der Waals surface area contributed by atoms with Crippen LogP contribution in [0.4, 0.5) is 0 Å². The van der Waals surface area contributed by atoms with E-state index in [2.05, 4.69) is 0 Å². The summed E-state index contributed by atoms with van der Waals surface area (Å²) in [5.41, 5.74) is 1.57. The number of methoxy groups -OCH3 is 1. The van der Waals surface area contributed by atoms with Crippen LogP contribution in [-0.2, 0) is 20.8 Å². The highest BCUT2D eigenvalue weighted by molar-refractivity contribution is 5.65. The minimum absolute atomic E-state index is 0.0275. The topological polar surface area (TPSA) is 226 Å². The molecule has 2 fully saturated rings. The highest BCUT2D eigenvalue weighted by atomic mass is 16.7. The van der Waals surface area contributed by atoms with Gasteiger partial charge in [0.05, 0.1) is 44.2 Å². The molecule has 6 rings (SSSR count). The van der Waals surface area contributed by atoms with Gasteiger partial charge in [-0.3, -0.25) is 0 Å². The summed E-state index contributed by atoms with van der Waals surface area (Å²) in [6.45, 7) is 0.196. The molecule has 0 amide bonds. The number of rotatable bonds is 6. The predicted octanol–water partition coefficient (Wildman–Crippen LogP) is -1.54. The minimum atomic E-state index is -1.76. The Balaban J connectivity index is 1.43. The molecule has 0 bridgehead atoms. The van der Waals surface area contributed by atoms with Gasteiger partial charge in [0, 0.05) is 12.0 Å². The van der Waals surface area contributed by atoms with Gasteiger partial charge in [0.2, 0.25) is 6.29 Å². The molecule has 2 aromatic rings. The fourth-order valence-corrected chi connectivity index (χ4v) is 6.28. The smallest absolute Gasteiger partial charge is 0.229 e. The monoisotopic (exact) mass is 638 g/mol. The van der Waals surface area contributed by atoms with Gasteiger partial charge in [-0.2, -0.15) is 0 Å². The van der Waals surface area contributed by atoms with E-state index in [1.54, 1.807) is 38.3 Å². The Hall–Kier alpha value is -2.80. The van der Waals surface area contributed by atoms with E-state index in [0.29, 0.717) is 11.3 Å². The highest BCUT2D eigenvalue weighted by Crippen LogP contribution is 2.56. The van der Waals surface area contributed by atoms with Crippen LogP contribution in [0, 0.1) is 6.92 Å². The van der Waals surface area contributed by atoms with Crippen LogP contribution in [-0.4, -0.2) is 123 Å². The van der Waals surface area contributed by atoms with Gasteiger partial charge in [0.25, 0.3) is 0 Å². The SMILES string of the molecule is COc1ccc([C@@H]2C[C@H](O)Oc3c(C)c(O[C@@H]4O[C@H](CO)[C@@H](O)[C@H](O)[C@H]4O)c4c(c3CO2)O[C@@H]2[C@@H](O)[C@H](O)[C@@H](CO)O[C@@H]42)cc1. The number of ether oxygens (including phenoxy) is 7. The normalized spacial score (nSPS) is 37.6. The first-order valence-corrected chi connectivity index (χ1v) is 14.6. The van der Waals surface area contributed by atoms with Gasteiger partial charge in [-0.15, -0.1) is 0 Å². The molecule has 248 valence electrons. The number of benzene rings is 2. The first kappa shape index (κ1) is 32.2. The quantitative estimate of drug-likeness (QED) is 0.179. The van der Waals surface area contributed by atoms with Gasteiger partial charge in [-0.05, 0) is 24.6 Å². The van der Waals surface area contributed by atoms with Crippen LogP contribution >= 0.6 is 0 Å². The van der Waals surface area contributed by atoms with Crippen LogP contribution in [0.15, 0.2) is 24.3 Å². The molecule has 2 saturated heterocycles. The van der Waals surface area contributed by atoms with Crippen molar-refractivity contribution in [3.05, 3.63) is 46.5 Å². The lowest BCUT2D eigenvalue weighted by Crippen LogP contribution is -2.60. The van der Waals surface area contributed by atoms with Crippen molar-refractivity contribution in [1.29, 1.82) is 0 Å². The molecule has 4 heterocycles. The molecule has 0 spiro atoms. The van der Waals surface area contributed by atoms with Crippen LogP contribution in [0.1, 0.15) is 40.9 Å². The molecule has 8 N–H and O–H groups in total. The number of aliphatic hydroxyl groups is 8. The second kappa shape index (κ2) is 12.8. The summed E-state index contributed by atoms with van der Waals surface area (Å²) >= 11 is 0. The van der Waals surface area contributed by atoms with Gasteiger partial charge in [-0.1, -0.05) is 12.1 Å². The maximum Gasteiger partial charge on any atom is 0.229 e. The lowest BCUT2D eigenvalue weighted by atomic mass is 9.90. The summed E-state index contributed by atoms with van der Waals surface area (Å²) in [5.74, 6) is 0.824. The Bertz CT molecular complexity index is 1350. The summed E-state index contributed by atoms with van der Waals surface area (Å²) in [4.78, 5) is 0. The van der Waals surface area contributed by atoms with Crippen molar-refractivity contribution < 1.29 is 74.0 Å². The molecular formula is C30H38O15. The van der Waals surface area contributed by atoms with Crippen molar-refractivity contribution in [3.63, 3.8) is 0 Å². The third-order valence-corrected chi connectivity index (χ3v) is 8.79. The summed E-state index contributed by atoms with van der Waals surface area (Å²) < 4.78 is 41.5. The van der Waals surface area contributed by atoms with E-state index in [1.165, 1.54) is 0 Å². The molecule has 0 unspecified atom stereocenters. The third-order valence-electron chi connectivity index (χ3n) is 8.79. The largest absolute Gasteiger partial charge is 0.497 e. The lowest BCUT2D eigenvalue weighted by molar-refractivity contribution is -0.278. The zero-order valence-corrected chi connectivity index (χ0v) is 24.5. The molecule has 45 heavy (non-hydrogen) atoms. The number of aliphatic hydroxyl groups excluding tert-OH is 8. The summed E-state index contributed by atoms with van der Waals surface area (Å²) in [5, 5.41) is 83.5. The van der Waals surface area contributed by atoms with Crippen LogP contribution in [0.25, 0.3) is 0 Å². The fraction of sp³-hybridized carbons (Fsp3) is 0.600. The van der Waals surface area contributed by atoms with Crippen molar-refractivity contribution in [1.82, 2.24) is 0 Å². The van der Waals surface area contributed by atoms with Gasteiger partial charge in [0.15, 0.2) is 12.4 Å². The first-order chi connectivity index (χ1) is 21.6. The molecule has 0 radical (unpaired) electrons. The van der Waals surface area contributed by atoms with Crippen LogP contribution in [0.3, 0.4) is 0 Å². The zero-order valence-electron chi connectivity index (χ0n) is 24.5. The Labute approximate surface area is 257 Å². The highest BCUT2D eigenvalue weighted by Gasteiger charge is 2.54. The van der Waals surface area contributed by atoms with E-state index < -0.39 is 86.8 Å². The standard InChI is InChI=1S/C30H38O15/c1-11-25-14(10-40-15(7-18(33)43-25)12-3-5-13(39-2)6-4-12)27-19(28-29(44-27)23(37)21(35)16(8-31)41-28)26(11)45-30-24(38)22(36)20(34)17(9-32)42-30/h3-6,15-18,20-24,28-38H,7-10H2,1-2H3/t15-,16+,17+,18+,20+,21+,22-,23-,24+,28-,29+,30-/m0/s1. The van der Waals surface area contributed by atoms with E-state index in [1.807, 2.05) is 0 Å². The van der Waals surface area contributed by atoms with Gasteiger partial charge in [0.1, 0.15) is 71.8 Å². The molecule has 12 atom stereocenters. The molecule has 4 aliphatic heterocycles.